The number of hydrogen-bond acceptors (Lipinski definition) is 3. The normalized spacial score (nSPS) is 24.1. The lowest BCUT2D eigenvalue weighted by molar-refractivity contribution is -0.107. The molecule has 1 spiro atoms. The number of benzene rings is 1. The first-order valence-corrected chi connectivity index (χ1v) is 8.01. The van der Waals surface area contributed by atoms with Gasteiger partial charge in [0.15, 0.2) is 0 Å². The number of amides is 1. The van der Waals surface area contributed by atoms with E-state index in [-0.39, 0.29) is 23.0 Å². The molecule has 1 aromatic rings. The standard InChI is InChI=1S/C17H22FNO3/c18-15-10-13(20)4-5-14(15)16(21)19-12-6-9-22-17(11-12)7-2-1-3-8-17/h4-5,10,12,20H,1-3,6-9,11H2,(H,19,21)/t12-/m1/s1. The Labute approximate surface area is 129 Å². The lowest BCUT2D eigenvalue weighted by Crippen LogP contribution is -2.49. The second-order valence-corrected chi connectivity index (χ2v) is 6.42. The quantitative estimate of drug-likeness (QED) is 0.882. The maximum Gasteiger partial charge on any atom is 0.254 e. The van der Waals surface area contributed by atoms with Crippen LogP contribution in [-0.2, 0) is 4.74 Å². The monoisotopic (exact) mass is 307 g/mol. The number of phenols is 1. The summed E-state index contributed by atoms with van der Waals surface area (Å²) in [5, 5.41) is 12.1. The molecule has 1 saturated heterocycles. The number of halogens is 1. The molecular formula is C17H22FNO3. The summed E-state index contributed by atoms with van der Waals surface area (Å²) in [6, 6.07) is 3.62. The van der Waals surface area contributed by atoms with Crippen molar-refractivity contribution in [2.45, 2.75) is 56.6 Å². The largest absolute Gasteiger partial charge is 0.508 e. The smallest absolute Gasteiger partial charge is 0.254 e. The molecular weight excluding hydrogens is 285 g/mol. The first kappa shape index (κ1) is 15.3. The van der Waals surface area contributed by atoms with Gasteiger partial charge in [-0.3, -0.25) is 4.79 Å². The minimum Gasteiger partial charge on any atom is -0.508 e. The molecule has 0 unspecified atom stereocenters. The maximum atomic E-state index is 13.8. The number of hydrogen-bond donors (Lipinski definition) is 2. The Bertz CT molecular complexity index is 549. The Hall–Kier alpha value is -1.62. The molecule has 1 aromatic carbocycles. The molecule has 120 valence electrons. The fourth-order valence-corrected chi connectivity index (χ4v) is 3.65. The van der Waals surface area contributed by atoms with Crippen LogP contribution >= 0.6 is 0 Å². The minimum atomic E-state index is -0.697. The molecule has 1 aliphatic heterocycles. The van der Waals surface area contributed by atoms with Gasteiger partial charge in [0, 0.05) is 18.7 Å². The molecule has 1 aliphatic carbocycles. The van der Waals surface area contributed by atoms with Gasteiger partial charge < -0.3 is 15.2 Å². The first-order chi connectivity index (χ1) is 10.6. The van der Waals surface area contributed by atoms with Crippen molar-refractivity contribution >= 4 is 5.91 Å². The van der Waals surface area contributed by atoms with Crippen LogP contribution in [0.2, 0.25) is 0 Å². The van der Waals surface area contributed by atoms with Crippen molar-refractivity contribution in [1.29, 1.82) is 0 Å². The highest BCUT2D eigenvalue weighted by molar-refractivity contribution is 5.94. The van der Waals surface area contributed by atoms with Crippen molar-refractivity contribution in [3.63, 3.8) is 0 Å². The predicted molar refractivity (Wildman–Crippen MR) is 80.3 cm³/mol. The van der Waals surface area contributed by atoms with E-state index in [1.54, 1.807) is 0 Å². The fraction of sp³-hybridized carbons (Fsp3) is 0.588. The minimum absolute atomic E-state index is 0.0209. The van der Waals surface area contributed by atoms with Crippen LogP contribution in [0.25, 0.3) is 0 Å². The van der Waals surface area contributed by atoms with Gasteiger partial charge in [-0.15, -0.1) is 0 Å². The number of ether oxygens (including phenoxy) is 1. The van der Waals surface area contributed by atoms with Crippen molar-refractivity contribution in [2.75, 3.05) is 6.61 Å². The van der Waals surface area contributed by atoms with Crippen LogP contribution in [0.3, 0.4) is 0 Å². The van der Waals surface area contributed by atoms with Gasteiger partial charge in [-0.25, -0.2) is 4.39 Å². The molecule has 4 nitrogen and oxygen atoms in total. The Morgan fingerprint density at radius 2 is 2.09 bits per heavy atom. The molecule has 0 aromatic heterocycles. The summed E-state index contributed by atoms with van der Waals surface area (Å²) in [7, 11) is 0. The summed E-state index contributed by atoms with van der Waals surface area (Å²) in [6.07, 6.45) is 7.26. The molecule has 2 aliphatic rings. The Morgan fingerprint density at radius 1 is 1.32 bits per heavy atom. The SMILES string of the molecule is O=C(N[C@@H]1CCOC2(CCCCC2)C1)c1ccc(O)cc1F. The Balaban J connectivity index is 1.66. The third kappa shape index (κ3) is 3.24. The summed E-state index contributed by atoms with van der Waals surface area (Å²) < 4.78 is 19.8. The number of carbonyl (C=O) groups is 1. The summed E-state index contributed by atoms with van der Waals surface area (Å²) in [6.45, 7) is 0.642. The van der Waals surface area contributed by atoms with E-state index in [4.69, 9.17) is 4.74 Å². The summed E-state index contributed by atoms with van der Waals surface area (Å²) in [5.41, 5.74) is -0.121. The van der Waals surface area contributed by atoms with Crippen molar-refractivity contribution < 1.29 is 19.0 Å². The van der Waals surface area contributed by atoms with Gasteiger partial charge in [0.05, 0.1) is 11.2 Å². The molecule has 0 radical (unpaired) electrons. The highest BCUT2D eigenvalue weighted by atomic mass is 19.1. The Kier molecular flexibility index (Phi) is 4.34. The first-order valence-electron chi connectivity index (χ1n) is 8.01. The van der Waals surface area contributed by atoms with Crippen LogP contribution in [0.15, 0.2) is 18.2 Å². The maximum absolute atomic E-state index is 13.8. The van der Waals surface area contributed by atoms with Crippen LogP contribution in [0.4, 0.5) is 4.39 Å². The molecule has 22 heavy (non-hydrogen) atoms. The van der Waals surface area contributed by atoms with Crippen LogP contribution in [-0.4, -0.2) is 29.3 Å². The van der Waals surface area contributed by atoms with E-state index in [0.29, 0.717) is 6.61 Å². The Morgan fingerprint density at radius 3 is 2.82 bits per heavy atom. The molecule has 1 heterocycles. The van der Waals surface area contributed by atoms with Gasteiger partial charge >= 0.3 is 0 Å². The molecule has 2 N–H and O–H groups in total. The van der Waals surface area contributed by atoms with E-state index >= 15 is 0 Å². The third-order valence-corrected chi connectivity index (χ3v) is 4.79. The van der Waals surface area contributed by atoms with Crippen molar-refractivity contribution in [1.82, 2.24) is 5.32 Å². The third-order valence-electron chi connectivity index (χ3n) is 4.79. The van der Waals surface area contributed by atoms with E-state index in [0.717, 1.165) is 31.7 Å². The van der Waals surface area contributed by atoms with Crippen molar-refractivity contribution in [3.05, 3.63) is 29.6 Å². The summed E-state index contributed by atoms with van der Waals surface area (Å²) in [4.78, 5) is 12.2. The number of aromatic hydroxyl groups is 1. The predicted octanol–water partition coefficient (Wildman–Crippen LogP) is 3.14. The molecule has 2 fully saturated rings. The van der Waals surface area contributed by atoms with Crippen LogP contribution in [0.1, 0.15) is 55.3 Å². The van der Waals surface area contributed by atoms with Gasteiger partial charge in [-0.05, 0) is 37.8 Å². The number of nitrogens with one attached hydrogen (secondary N) is 1. The zero-order chi connectivity index (χ0) is 15.6. The summed E-state index contributed by atoms with van der Waals surface area (Å²) >= 11 is 0. The van der Waals surface area contributed by atoms with Crippen molar-refractivity contribution in [2.24, 2.45) is 0 Å². The lowest BCUT2D eigenvalue weighted by atomic mass is 9.78. The zero-order valence-electron chi connectivity index (χ0n) is 12.6. The molecule has 1 atom stereocenters. The molecule has 5 heteroatoms. The van der Waals surface area contributed by atoms with Crippen LogP contribution in [0.5, 0.6) is 5.75 Å². The van der Waals surface area contributed by atoms with Crippen LogP contribution in [0, 0.1) is 5.82 Å². The van der Waals surface area contributed by atoms with E-state index in [2.05, 4.69) is 5.32 Å². The zero-order valence-corrected chi connectivity index (χ0v) is 12.6. The average molecular weight is 307 g/mol. The number of phenolic OH excluding ortho intramolecular Hbond substituents is 1. The molecule has 1 saturated carbocycles. The van der Waals surface area contributed by atoms with Gasteiger partial charge in [0.2, 0.25) is 0 Å². The van der Waals surface area contributed by atoms with E-state index in [1.807, 2.05) is 0 Å². The highest BCUT2D eigenvalue weighted by Crippen LogP contribution is 2.38. The molecule has 3 rings (SSSR count). The number of carbonyl (C=O) groups excluding carboxylic acids is 1. The summed E-state index contributed by atoms with van der Waals surface area (Å²) in [5.74, 6) is -1.30. The topological polar surface area (TPSA) is 58.6 Å². The lowest BCUT2D eigenvalue weighted by Gasteiger charge is -2.43. The highest BCUT2D eigenvalue weighted by Gasteiger charge is 2.39. The van der Waals surface area contributed by atoms with Crippen molar-refractivity contribution in [3.8, 4) is 5.75 Å². The van der Waals surface area contributed by atoms with Gasteiger partial charge in [0.25, 0.3) is 5.91 Å². The van der Waals surface area contributed by atoms with Gasteiger partial charge in [-0.2, -0.15) is 0 Å². The second-order valence-electron chi connectivity index (χ2n) is 6.42. The van der Waals surface area contributed by atoms with Gasteiger partial charge in [0.1, 0.15) is 11.6 Å². The average Bonchev–Trinajstić information content (AvgIpc) is 2.48. The van der Waals surface area contributed by atoms with Gasteiger partial charge in [-0.1, -0.05) is 19.3 Å². The van der Waals surface area contributed by atoms with E-state index < -0.39 is 11.7 Å². The number of rotatable bonds is 2. The van der Waals surface area contributed by atoms with E-state index in [1.165, 1.54) is 31.4 Å². The fourth-order valence-electron chi connectivity index (χ4n) is 3.65. The second kappa shape index (κ2) is 6.24. The molecule has 1 amide bonds. The molecule has 0 bridgehead atoms. The van der Waals surface area contributed by atoms with E-state index in [9.17, 15) is 14.3 Å². The van der Waals surface area contributed by atoms with Crippen LogP contribution < -0.4 is 5.32 Å².